The van der Waals surface area contributed by atoms with Crippen molar-refractivity contribution in [3.63, 3.8) is 0 Å². The van der Waals surface area contributed by atoms with Gasteiger partial charge in [-0.15, -0.1) is 0 Å². The molecular weight excluding hydrogens is 799 g/mol. The first-order chi connectivity index (χ1) is 28.0. The van der Waals surface area contributed by atoms with Crippen LogP contribution >= 0.6 is 0 Å². The second-order valence-corrected chi connectivity index (χ2v) is 25.2. The molecule has 330 valence electrons. The number of nitriles is 1. The summed E-state index contributed by atoms with van der Waals surface area (Å²) in [5.41, 5.74) is 4.67. The number of amides is 1. The first-order valence-corrected chi connectivity index (χ1v) is 25.4. The maximum absolute atomic E-state index is 12.6. The number of carbonyl (C=O) groups excluding carboxylic acids is 1. The first-order valence-electron chi connectivity index (χ1n) is 21.7. The van der Waals surface area contributed by atoms with E-state index in [0.29, 0.717) is 45.7 Å². The number of benzene rings is 2. The summed E-state index contributed by atoms with van der Waals surface area (Å²) in [5, 5.41) is 8.78. The van der Waals surface area contributed by atoms with Gasteiger partial charge in [-0.1, -0.05) is 27.7 Å². The Kier molecular flexibility index (Phi) is 12.0. The molecule has 13 nitrogen and oxygen atoms in total. The van der Waals surface area contributed by atoms with Gasteiger partial charge in [-0.2, -0.15) is 5.26 Å². The minimum absolute atomic E-state index is 0.00377. The Bertz CT molecular complexity index is 2090. The van der Waals surface area contributed by atoms with Crippen molar-refractivity contribution in [2.24, 2.45) is 21.7 Å². The molecule has 2 aromatic carbocycles. The van der Waals surface area contributed by atoms with E-state index in [2.05, 4.69) is 107 Å². The van der Waals surface area contributed by atoms with Gasteiger partial charge in [0, 0.05) is 129 Å². The Balaban J connectivity index is 0.000000182. The molecule has 6 saturated heterocycles. The lowest BCUT2D eigenvalue weighted by molar-refractivity contribution is 0.0269. The SMILES string of the molecule is CC(C)(C)OC(=O)N1C[C@@]2(C)CN(c3ccc(N4CCS(=O)(=O)CC4)cc3)C[C@@]2(C)C1.C[C@@]12CN(CCCC#N)C[C@]1(C)CN(c1ccc(N3CCS(=O)(=O)CC3)cc1)C2. The molecule has 0 saturated carbocycles. The van der Waals surface area contributed by atoms with Gasteiger partial charge in [-0.3, -0.25) is 0 Å². The van der Waals surface area contributed by atoms with Crippen LogP contribution in [0.4, 0.5) is 27.5 Å². The van der Waals surface area contributed by atoms with E-state index in [4.69, 9.17) is 10.00 Å². The van der Waals surface area contributed by atoms with Crippen molar-refractivity contribution in [2.75, 3.05) is 128 Å². The third-order valence-electron chi connectivity index (χ3n) is 14.6. The third kappa shape index (κ3) is 9.36. The van der Waals surface area contributed by atoms with E-state index in [1.807, 2.05) is 25.7 Å². The van der Waals surface area contributed by atoms with Crippen LogP contribution in [0, 0.1) is 33.0 Å². The summed E-state index contributed by atoms with van der Waals surface area (Å²) in [6.07, 6.45) is 1.39. The summed E-state index contributed by atoms with van der Waals surface area (Å²) in [7, 11) is -5.72. The highest BCUT2D eigenvalue weighted by Crippen LogP contribution is 2.54. The molecular formula is C45H67N7O6S2. The predicted molar refractivity (Wildman–Crippen MR) is 241 cm³/mol. The molecule has 6 heterocycles. The minimum Gasteiger partial charge on any atom is -0.444 e. The van der Waals surface area contributed by atoms with Crippen molar-refractivity contribution in [1.29, 1.82) is 5.26 Å². The smallest absolute Gasteiger partial charge is 0.410 e. The Morgan fingerprint density at radius 3 is 1.27 bits per heavy atom. The van der Waals surface area contributed by atoms with Crippen LogP contribution in [0.1, 0.15) is 61.3 Å². The van der Waals surface area contributed by atoms with Crippen molar-refractivity contribution in [1.82, 2.24) is 9.80 Å². The quantitative estimate of drug-likeness (QED) is 0.331. The van der Waals surface area contributed by atoms with Crippen molar-refractivity contribution in [3.8, 4) is 6.07 Å². The average Bonchev–Trinajstić information content (AvgIpc) is 3.77. The van der Waals surface area contributed by atoms with Crippen LogP contribution in [-0.4, -0.2) is 146 Å². The van der Waals surface area contributed by atoms with Crippen LogP contribution in [0.2, 0.25) is 0 Å². The second kappa shape index (κ2) is 16.2. The number of sulfone groups is 2. The second-order valence-electron chi connectivity index (χ2n) is 20.6. The topological polar surface area (TPSA) is 138 Å². The lowest BCUT2D eigenvalue weighted by Crippen LogP contribution is -2.40. The summed E-state index contributed by atoms with van der Waals surface area (Å²) < 4.78 is 52.3. The Labute approximate surface area is 359 Å². The summed E-state index contributed by atoms with van der Waals surface area (Å²) >= 11 is 0. The number of fused-ring (bicyclic) bond motifs is 2. The fraction of sp³-hybridized carbons (Fsp3) is 0.689. The van der Waals surface area contributed by atoms with Crippen LogP contribution in [0.25, 0.3) is 0 Å². The zero-order chi connectivity index (χ0) is 43.4. The van der Waals surface area contributed by atoms with Gasteiger partial charge in [0.15, 0.2) is 19.7 Å². The van der Waals surface area contributed by atoms with Gasteiger partial charge in [0.1, 0.15) is 5.60 Å². The molecule has 4 atom stereocenters. The van der Waals surface area contributed by atoms with Crippen molar-refractivity contribution < 1.29 is 26.4 Å². The van der Waals surface area contributed by atoms with E-state index >= 15 is 0 Å². The number of anilines is 4. The number of nitrogens with zero attached hydrogens (tertiary/aromatic N) is 7. The molecule has 8 rings (SSSR count). The maximum Gasteiger partial charge on any atom is 0.410 e. The van der Waals surface area contributed by atoms with E-state index < -0.39 is 25.3 Å². The Morgan fingerprint density at radius 2 is 0.933 bits per heavy atom. The van der Waals surface area contributed by atoms with E-state index in [9.17, 15) is 21.6 Å². The molecule has 0 N–H and O–H groups in total. The van der Waals surface area contributed by atoms with Crippen molar-refractivity contribution >= 4 is 48.5 Å². The van der Waals surface area contributed by atoms with Gasteiger partial charge in [0.05, 0.1) is 29.1 Å². The highest BCUT2D eigenvalue weighted by molar-refractivity contribution is 7.91. The Hall–Kier alpha value is -3.74. The highest BCUT2D eigenvalue weighted by atomic mass is 32.2. The monoisotopic (exact) mass is 865 g/mol. The fourth-order valence-corrected chi connectivity index (χ4v) is 12.9. The fourth-order valence-electron chi connectivity index (χ4n) is 10.5. The zero-order valence-electron chi connectivity index (χ0n) is 37.0. The van der Waals surface area contributed by atoms with Gasteiger partial charge in [0.25, 0.3) is 0 Å². The molecule has 0 unspecified atom stereocenters. The lowest BCUT2D eigenvalue weighted by Gasteiger charge is -2.30. The number of unbranched alkanes of at least 4 members (excludes halogenated alkanes) is 1. The van der Waals surface area contributed by atoms with E-state index in [0.717, 1.165) is 63.6 Å². The number of hydrogen-bond donors (Lipinski definition) is 0. The van der Waals surface area contributed by atoms with Gasteiger partial charge in [-0.05, 0) is 82.3 Å². The Morgan fingerprint density at radius 1 is 0.600 bits per heavy atom. The molecule has 0 aromatic heterocycles. The molecule has 0 radical (unpaired) electrons. The van der Waals surface area contributed by atoms with E-state index in [1.54, 1.807) is 0 Å². The van der Waals surface area contributed by atoms with Crippen LogP contribution in [0.15, 0.2) is 48.5 Å². The molecule has 6 fully saturated rings. The van der Waals surface area contributed by atoms with Gasteiger partial charge >= 0.3 is 6.09 Å². The highest BCUT2D eigenvalue weighted by Gasteiger charge is 2.59. The third-order valence-corrected chi connectivity index (χ3v) is 17.8. The summed E-state index contributed by atoms with van der Waals surface area (Å²) in [5.74, 6) is 0.961. The average molecular weight is 866 g/mol. The lowest BCUT2D eigenvalue weighted by atomic mass is 9.71. The molecule has 60 heavy (non-hydrogen) atoms. The first kappa shape index (κ1) is 44.3. The van der Waals surface area contributed by atoms with E-state index in [1.165, 1.54) is 11.4 Å². The van der Waals surface area contributed by atoms with Crippen LogP contribution in [-0.2, 0) is 24.4 Å². The summed E-state index contributed by atoms with van der Waals surface area (Å²) in [6.45, 7) is 25.9. The molecule has 0 spiro atoms. The standard InChI is InChI=1S/C23H35N3O4S.C22H32N4O2S/c1-21(2,3)30-20(27)26-16-22(4)14-25(15-23(22,5)17-26)19-8-6-18(7-9-19)24-10-12-31(28,29)13-11-24;1-21-15-24(10-4-3-9-23)16-22(21,2)18-26(17-21)20-7-5-19(6-8-20)25-11-13-29(27,28)14-12-25/h6-9H,10-17H2,1-5H3;5-8H,3-4,10-18H2,1-2H3/t22-,23+;21-,22+. The summed E-state index contributed by atoms with van der Waals surface area (Å²) in [4.78, 5) is 26.3. The van der Waals surface area contributed by atoms with Crippen molar-refractivity contribution in [3.05, 3.63) is 48.5 Å². The number of likely N-dealkylation sites (tertiary alicyclic amines) is 2. The molecule has 6 aliphatic heterocycles. The van der Waals surface area contributed by atoms with E-state index in [-0.39, 0.29) is 50.8 Å². The molecule has 15 heteroatoms. The predicted octanol–water partition coefficient (Wildman–Crippen LogP) is 5.38. The molecule has 1 amide bonds. The normalized spacial score (nSPS) is 31.0. The number of rotatable bonds is 7. The van der Waals surface area contributed by atoms with Crippen molar-refractivity contribution in [2.45, 2.75) is 66.9 Å². The molecule has 0 bridgehead atoms. The number of hydrogen-bond acceptors (Lipinski definition) is 12. The number of carbonyl (C=O) groups is 1. The maximum atomic E-state index is 12.6. The molecule has 2 aromatic rings. The van der Waals surface area contributed by atoms with Crippen LogP contribution < -0.4 is 19.6 Å². The van der Waals surface area contributed by atoms with Crippen LogP contribution in [0.3, 0.4) is 0 Å². The van der Waals surface area contributed by atoms with Gasteiger partial charge < -0.3 is 34.1 Å². The molecule has 0 aliphatic carbocycles. The largest absolute Gasteiger partial charge is 0.444 e. The zero-order valence-corrected chi connectivity index (χ0v) is 38.6. The molecule has 6 aliphatic rings. The summed E-state index contributed by atoms with van der Waals surface area (Å²) in [6, 6.07) is 19.4. The minimum atomic E-state index is -2.88. The van der Waals surface area contributed by atoms with Gasteiger partial charge in [-0.25, -0.2) is 21.6 Å². The number of ether oxygens (including phenoxy) is 1. The van der Waals surface area contributed by atoms with Crippen LogP contribution in [0.5, 0.6) is 0 Å². The van der Waals surface area contributed by atoms with Gasteiger partial charge in [0.2, 0.25) is 0 Å².